The average Bonchev–Trinajstić information content (AvgIpc) is 2.00. The Morgan fingerprint density at radius 2 is 2.13 bits per heavy atom. The summed E-state index contributed by atoms with van der Waals surface area (Å²) < 4.78 is 61.0. The molecule has 0 fully saturated rings. The van der Waals surface area contributed by atoms with Crippen molar-refractivity contribution in [2.24, 2.45) is 0 Å². The molecular weight excluding hydrogens is 253 g/mol. The zero-order chi connectivity index (χ0) is 11.7. The monoisotopic (exact) mass is 262 g/mol. The van der Waals surface area contributed by atoms with Crippen LogP contribution in [0.5, 0.6) is 0 Å². The van der Waals surface area contributed by atoms with E-state index in [-0.39, 0.29) is 10.3 Å². The van der Waals surface area contributed by atoms with Gasteiger partial charge < -0.3 is 4.18 Å². The van der Waals surface area contributed by atoms with Crippen molar-refractivity contribution < 1.29 is 25.8 Å². The van der Waals surface area contributed by atoms with Crippen LogP contribution in [-0.2, 0) is 14.3 Å². The molecule has 0 saturated carbocycles. The number of hydrogen-bond donors (Lipinski definition) is 0. The minimum atomic E-state index is -5.51. The number of thioether (sulfide) groups is 1. The van der Waals surface area contributed by atoms with Gasteiger partial charge in [0.1, 0.15) is 0 Å². The van der Waals surface area contributed by atoms with Gasteiger partial charge in [-0.2, -0.15) is 21.6 Å². The van der Waals surface area contributed by atoms with Gasteiger partial charge in [0.25, 0.3) is 0 Å². The zero-order valence-electron chi connectivity index (χ0n) is 7.74. The summed E-state index contributed by atoms with van der Waals surface area (Å²) in [7, 11) is -5.51. The molecule has 1 heterocycles. The van der Waals surface area contributed by atoms with Crippen LogP contribution in [0.2, 0.25) is 0 Å². The standard InChI is InChI=1S/C7H9F3O3S2/c1-5-3-2-4-6(14-5)13-15(11,12)7(8,9)10/h4-5H,2-3H2,1H3. The molecule has 3 nitrogen and oxygen atoms in total. The quantitative estimate of drug-likeness (QED) is 0.566. The van der Waals surface area contributed by atoms with E-state index < -0.39 is 15.6 Å². The molecule has 1 atom stereocenters. The van der Waals surface area contributed by atoms with Gasteiger partial charge in [0.05, 0.1) is 0 Å². The molecule has 0 aromatic carbocycles. The Bertz CT molecular complexity index is 358. The predicted octanol–water partition coefficient (Wildman–Crippen LogP) is 2.61. The number of halogens is 3. The van der Waals surface area contributed by atoms with Gasteiger partial charge in [-0.1, -0.05) is 18.7 Å². The Hall–Kier alpha value is -0.370. The first-order valence-corrected chi connectivity index (χ1v) is 6.39. The van der Waals surface area contributed by atoms with Crippen molar-refractivity contribution in [3.05, 3.63) is 11.2 Å². The molecule has 0 aromatic rings. The third kappa shape index (κ3) is 3.30. The molecule has 1 rings (SSSR count). The van der Waals surface area contributed by atoms with Crippen molar-refractivity contribution >= 4 is 21.9 Å². The zero-order valence-corrected chi connectivity index (χ0v) is 9.38. The fourth-order valence-electron chi connectivity index (χ4n) is 0.950. The molecule has 0 bridgehead atoms. The van der Waals surface area contributed by atoms with Crippen LogP contribution in [-0.4, -0.2) is 19.2 Å². The Morgan fingerprint density at radius 3 is 2.60 bits per heavy atom. The lowest BCUT2D eigenvalue weighted by Gasteiger charge is -2.18. The Morgan fingerprint density at radius 1 is 1.53 bits per heavy atom. The van der Waals surface area contributed by atoms with Gasteiger partial charge in [0.15, 0.2) is 5.09 Å². The highest BCUT2D eigenvalue weighted by molar-refractivity contribution is 8.04. The lowest BCUT2D eigenvalue weighted by atomic mass is 10.2. The number of rotatable bonds is 2. The van der Waals surface area contributed by atoms with E-state index in [1.807, 2.05) is 0 Å². The second-order valence-corrected chi connectivity index (χ2v) is 5.99. The second kappa shape index (κ2) is 4.25. The molecule has 88 valence electrons. The number of allylic oxidation sites excluding steroid dienone is 1. The largest absolute Gasteiger partial charge is 0.534 e. The summed E-state index contributed by atoms with van der Waals surface area (Å²) in [6, 6.07) is 0. The van der Waals surface area contributed by atoms with Crippen LogP contribution in [0.25, 0.3) is 0 Å². The van der Waals surface area contributed by atoms with Crippen molar-refractivity contribution in [3.8, 4) is 0 Å². The van der Waals surface area contributed by atoms with Crippen LogP contribution in [0.1, 0.15) is 19.8 Å². The molecule has 0 N–H and O–H groups in total. The normalized spacial score (nSPS) is 23.5. The van der Waals surface area contributed by atoms with Crippen molar-refractivity contribution in [1.29, 1.82) is 0 Å². The molecule has 1 unspecified atom stereocenters. The van der Waals surface area contributed by atoms with Gasteiger partial charge in [0.2, 0.25) is 0 Å². The molecule has 0 saturated heterocycles. The molecule has 8 heteroatoms. The highest BCUT2D eigenvalue weighted by Gasteiger charge is 2.49. The van der Waals surface area contributed by atoms with Crippen LogP contribution in [0.3, 0.4) is 0 Å². The van der Waals surface area contributed by atoms with Gasteiger partial charge in [0, 0.05) is 5.25 Å². The maximum absolute atomic E-state index is 11.9. The molecule has 0 aromatic heterocycles. The molecule has 0 spiro atoms. The fourth-order valence-corrected chi connectivity index (χ4v) is 2.62. The van der Waals surface area contributed by atoms with Crippen molar-refractivity contribution in [3.63, 3.8) is 0 Å². The average molecular weight is 262 g/mol. The van der Waals surface area contributed by atoms with Gasteiger partial charge in [-0.05, 0) is 18.9 Å². The third-order valence-corrected chi connectivity index (χ3v) is 3.87. The van der Waals surface area contributed by atoms with E-state index >= 15 is 0 Å². The van der Waals surface area contributed by atoms with Crippen molar-refractivity contribution in [2.75, 3.05) is 0 Å². The topological polar surface area (TPSA) is 43.4 Å². The van der Waals surface area contributed by atoms with E-state index in [1.165, 1.54) is 6.08 Å². The van der Waals surface area contributed by atoms with E-state index in [2.05, 4.69) is 4.18 Å². The highest BCUT2D eigenvalue weighted by atomic mass is 32.2. The van der Waals surface area contributed by atoms with Crippen LogP contribution in [0.15, 0.2) is 11.2 Å². The van der Waals surface area contributed by atoms with E-state index in [0.29, 0.717) is 6.42 Å². The first kappa shape index (κ1) is 12.7. The molecule has 1 aliphatic rings. The SMILES string of the molecule is CC1CCC=C(OS(=O)(=O)C(F)(F)F)S1. The van der Waals surface area contributed by atoms with Crippen LogP contribution in [0.4, 0.5) is 13.2 Å². The molecular formula is C7H9F3O3S2. The highest BCUT2D eigenvalue weighted by Crippen LogP contribution is 2.35. The first-order chi connectivity index (χ1) is 6.72. The van der Waals surface area contributed by atoms with Gasteiger partial charge >= 0.3 is 15.6 Å². The number of hydrogen-bond acceptors (Lipinski definition) is 4. The van der Waals surface area contributed by atoms with Crippen LogP contribution >= 0.6 is 11.8 Å². The smallest absolute Gasteiger partial charge is 0.369 e. The minimum absolute atomic E-state index is 0.0634. The predicted molar refractivity (Wildman–Crippen MR) is 50.4 cm³/mol. The summed E-state index contributed by atoms with van der Waals surface area (Å²) in [5.74, 6) is 0. The van der Waals surface area contributed by atoms with E-state index in [9.17, 15) is 21.6 Å². The van der Waals surface area contributed by atoms with Crippen LogP contribution in [0, 0.1) is 0 Å². The van der Waals surface area contributed by atoms with E-state index in [1.54, 1.807) is 6.92 Å². The molecule has 0 amide bonds. The Balaban J connectivity index is 2.75. The Labute approximate surface area is 89.8 Å². The molecule has 0 aliphatic carbocycles. The maximum atomic E-state index is 11.9. The summed E-state index contributed by atoms with van der Waals surface area (Å²) in [4.78, 5) is 0. The summed E-state index contributed by atoms with van der Waals surface area (Å²) >= 11 is 0.989. The number of alkyl halides is 3. The molecule has 1 aliphatic heterocycles. The lowest BCUT2D eigenvalue weighted by molar-refractivity contribution is -0.0517. The van der Waals surface area contributed by atoms with Crippen molar-refractivity contribution in [1.82, 2.24) is 0 Å². The van der Waals surface area contributed by atoms with E-state index in [0.717, 1.165) is 18.2 Å². The van der Waals surface area contributed by atoms with Gasteiger partial charge in [-0.15, -0.1) is 0 Å². The van der Waals surface area contributed by atoms with E-state index in [4.69, 9.17) is 0 Å². The minimum Gasteiger partial charge on any atom is -0.369 e. The van der Waals surface area contributed by atoms with Crippen molar-refractivity contribution in [2.45, 2.75) is 30.5 Å². The third-order valence-electron chi connectivity index (χ3n) is 1.68. The first-order valence-electron chi connectivity index (χ1n) is 4.10. The summed E-state index contributed by atoms with van der Waals surface area (Å²) in [6.07, 6.45) is 2.68. The summed E-state index contributed by atoms with van der Waals surface area (Å²) in [6.45, 7) is 1.79. The lowest BCUT2D eigenvalue weighted by Crippen LogP contribution is -2.25. The summed E-state index contributed by atoms with van der Waals surface area (Å²) in [5, 5.41) is -0.125. The fraction of sp³-hybridized carbons (Fsp3) is 0.714. The van der Waals surface area contributed by atoms with Gasteiger partial charge in [-0.3, -0.25) is 0 Å². The summed E-state index contributed by atoms with van der Waals surface area (Å²) in [5.41, 5.74) is -5.37. The van der Waals surface area contributed by atoms with Crippen LogP contribution < -0.4 is 0 Å². The second-order valence-electron chi connectivity index (χ2n) is 3.01. The molecule has 15 heavy (non-hydrogen) atoms. The molecule has 0 radical (unpaired) electrons. The maximum Gasteiger partial charge on any atom is 0.534 e. The Kier molecular flexibility index (Phi) is 3.59. The van der Waals surface area contributed by atoms with Gasteiger partial charge in [-0.25, -0.2) is 0 Å².